The quantitative estimate of drug-likeness (QED) is 0.673. The summed E-state index contributed by atoms with van der Waals surface area (Å²) in [4.78, 5) is 0. The van der Waals surface area contributed by atoms with Crippen LogP contribution in [0.25, 0.3) is 0 Å². The molecule has 2 heteroatoms. The zero-order valence-corrected chi connectivity index (χ0v) is 8.97. The Labute approximate surface area is 81.4 Å². The van der Waals surface area contributed by atoms with Crippen molar-refractivity contribution in [2.45, 2.75) is 33.2 Å². The SMILES string of the molecule is CC(C)=CCNC(C)C1CCOC1. The maximum Gasteiger partial charge on any atom is 0.0509 e. The Kier molecular flexibility index (Phi) is 4.46. The Balaban J connectivity index is 2.16. The molecule has 0 amide bonds. The maximum absolute atomic E-state index is 5.35. The van der Waals surface area contributed by atoms with Crippen molar-refractivity contribution in [3.05, 3.63) is 11.6 Å². The first-order chi connectivity index (χ1) is 6.20. The largest absolute Gasteiger partial charge is 0.381 e. The molecule has 76 valence electrons. The minimum Gasteiger partial charge on any atom is -0.381 e. The van der Waals surface area contributed by atoms with Crippen LogP contribution in [-0.4, -0.2) is 25.8 Å². The standard InChI is InChI=1S/C11H21NO/c1-9(2)4-6-12-10(3)11-5-7-13-8-11/h4,10-12H,5-8H2,1-3H3. The van der Waals surface area contributed by atoms with E-state index in [1.807, 2.05) is 0 Å². The third kappa shape index (κ3) is 3.92. The molecular formula is C11H21NO. The Morgan fingerprint density at radius 2 is 2.38 bits per heavy atom. The fraction of sp³-hybridized carbons (Fsp3) is 0.818. The summed E-state index contributed by atoms with van der Waals surface area (Å²) >= 11 is 0. The third-order valence-electron chi connectivity index (χ3n) is 2.62. The average Bonchev–Trinajstić information content (AvgIpc) is 2.55. The van der Waals surface area contributed by atoms with Gasteiger partial charge in [-0.05, 0) is 33.1 Å². The topological polar surface area (TPSA) is 21.3 Å². The Morgan fingerprint density at radius 3 is 2.92 bits per heavy atom. The molecule has 1 aliphatic rings. The van der Waals surface area contributed by atoms with Crippen LogP contribution in [0.3, 0.4) is 0 Å². The molecule has 13 heavy (non-hydrogen) atoms. The summed E-state index contributed by atoms with van der Waals surface area (Å²) in [5, 5.41) is 3.50. The van der Waals surface area contributed by atoms with Crippen molar-refractivity contribution in [3.8, 4) is 0 Å². The second kappa shape index (κ2) is 5.40. The van der Waals surface area contributed by atoms with Crippen LogP contribution in [0.2, 0.25) is 0 Å². The summed E-state index contributed by atoms with van der Waals surface area (Å²) in [6, 6.07) is 0.582. The predicted molar refractivity (Wildman–Crippen MR) is 55.8 cm³/mol. The first-order valence-corrected chi connectivity index (χ1v) is 5.14. The molecular weight excluding hydrogens is 162 g/mol. The summed E-state index contributed by atoms with van der Waals surface area (Å²) < 4.78 is 5.35. The molecule has 0 aromatic carbocycles. The summed E-state index contributed by atoms with van der Waals surface area (Å²) in [7, 11) is 0. The second-order valence-electron chi connectivity index (χ2n) is 4.10. The molecule has 1 fully saturated rings. The van der Waals surface area contributed by atoms with Crippen molar-refractivity contribution in [2.24, 2.45) is 5.92 Å². The number of rotatable bonds is 4. The molecule has 1 aliphatic heterocycles. The smallest absolute Gasteiger partial charge is 0.0509 e. The van der Waals surface area contributed by atoms with Gasteiger partial charge in [-0.15, -0.1) is 0 Å². The lowest BCUT2D eigenvalue weighted by molar-refractivity contribution is 0.179. The molecule has 2 nitrogen and oxygen atoms in total. The van der Waals surface area contributed by atoms with Gasteiger partial charge in [-0.1, -0.05) is 11.6 Å². The van der Waals surface area contributed by atoms with E-state index in [4.69, 9.17) is 4.74 Å². The van der Waals surface area contributed by atoms with Gasteiger partial charge >= 0.3 is 0 Å². The second-order valence-corrected chi connectivity index (χ2v) is 4.10. The molecule has 0 spiro atoms. The van der Waals surface area contributed by atoms with Crippen LogP contribution in [0.1, 0.15) is 27.2 Å². The lowest BCUT2D eigenvalue weighted by Crippen LogP contribution is -2.33. The van der Waals surface area contributed by atoms with Crippen LogP contribution in [0.5, 0.6) is 0 Å². The van der Waals surface area contributed by atoms with Crippen molar-refractivity contribution in [3.63, 3.8) is 0 Å². The molecule has 1 heterocycles. The van der Waals surface area contributed by atoms with Gasteiger partial charge in [0.05, 0.1) is 6.61 Å². The Morgan fingerprint density at radius 1 is 1.62 bits per heavy atom. The number of allylic oxidation sites excluding steroid dienone is 1. The van der Waals surface area contributed by atoms with Crippen LogP contribution in [0.4, 0.5) is 0 Å². The minimum atomic E-state index is 0.582. The average molecular weight is 183 g/mol. The van der Waals surface area contributed by atoms with E-state index in [2.05, 4.69) is 32.2 Å². The third-order valence-corrected chi connectivity index (χ3v) is 2.62. The van der Waals surface area contributed by atoms with Gasteiger partial charge in [0.1, 0.15) is 0 Å². The fourth-order valence-corrected chi connectivity index (χ4v) is 1.56. The van der Waals surface area contributed by atoms with Crippen LogP contribution in [-0.2, 0) is 4.74 Å². The van der Waals surface area contributed by atoms with Gasteiger partial charge in [0.25, 0.3) is 0 Å². The fourth-order valence-electron chi connectivity index (χ4n) is 1.56. The zero-order chi connectivity index (χ0) is 9.68. The maximum atomic E-state index is 5.35. The van der Waals surface area contributed by atoms with E-state index in [0.29, 0.717) is 12.0 Å². The Bertz CT molecular complexity index is 167. The summed E-state index contributed by atoms with van der Waals surface area (Å²) in [6.45, 7) is 9.37. The molecule has 0 saturated carbocycles. The molecule has 0 bridgehead atoms. The number of nitrogens with one attached hydrogen (secondary N) is 1. The van der Waals surface area contributed by atoms with Gasteiger partial charge in [-0.2, -0.15) is 0 Å². The van der Waals surface area contributed by atoms with Crippen molar-refractivity contribution in [1.29, 1.82) is 0 Å². The molecule has 0 aromatic heterocycles. The van der Waals surface area contributed by atoms with Gasteiger partial charge in [0.15, 0.2) is 0 Å². The van der Waals surface area contributed by atoms with Crippen molar-refractivity contribution < 1.29 is 4.74 Å². The van der Waals surface area contributed by atoms with E-state index in [0.717, 1.165) is 19.8 Å². The van der Waals surface area contributed by atoms with Gasteiger partial charge < -0.3 is 10.1 Å². The Hall–Kier alpha value is -0.340. The molecule has 0 aliphatic carbocycles. The van der Waals surface area contributed by atoms with Crippen molar-refractivity contribution in [2.75, 3.05) is 19.8 Å². The van der Waals surface area contributed by atoms with E-state index in [1.54, 1.807) is 0 Å². The first-order valence-electron chi connectivity index (χ1n) is 5.14. The van der Waals surface area contributed by atoms with Gasteiger partial charge in [-0.3, -0.25) is 0 Å². The molecule has 0 aromatic rings. The van der Waals surface area contributed by atoms with E-state index >= 15 is 0 Å². The van der Waals surface area contributed by atoms with Crippen LogP contribution < -0.4 is 5.32 Å². The van der Waals surface area contributed by atoms with E-state index in [9.17, 15) is 0 Å². The highest BCUT2D eigenvalue weighted by atomic mass is 16.5. The lowest BCUT2D eigenvalue weighted by atomic mass is 10.0. The van der Waals surface area contributed by atoms with Crippen LogP contribution >= 0.6 is 0 Å². The van der Waals surface area contributed by atoms with Crippen LogP contribution in [0, 0.1) is 5.92 Å². The zero-order valence-electron chi connectivity index (χ0n) is 8.97. The molecule has 0 radical (unpaired) electrons. The number of hydrogen-bond donors (Lipinski definition) is 1. The highest BCUT2D eigenvalue weighted by Gasteiger charge is 2.21. The summed E-state index contributed by atoms with van der Waals surface area (Å²) in [6.07, 6.45) is 3.44. The van der Waals surface area contributed by atoms with Crippen molar-refractivity contribution in [1.82, 2.24) is 5.32 Å². The molecule has 1 N–H and O–H groups in total. The lowest BCUT2D eigenvalue weighted by Gasteiger charge is -2.18. The summed E-state index contributed by atoms with van der Waals surface area (Å²) in [5.74, 6) is 0.713. The molecule has 2 unspecified atom stereocenters. The van der Waals surface area contributed by atoms with Crippen molar-refractivity contribution >= 4 is 0 Å². The molecule has 2 atom stereocenters. The van der Waals surface area contributed by atoms with Gasteiger partial charge in [0.2, 0.25) is 0 Å². The van der Waals surface area contributed by atoms with Gasteiger partial charge in [0, 0.05) is 19.2 Å². The van der Waals surface area contributed by atoms with Crippen LogP contribution in [0.15, 0.2) is 11.6 Å². The van der Waals surface area contributed by atoms with Gasteiger partial charge in [-0.25, -0.2) is 0 Å². The minimum absolute atomic E-state index is 0.582. The highest BCUT2D eigenvalue weighted by Crippen LogP contribution is 2.15. The first kappa shape index (κ1) is 10.7. The molecule has 1 rings (SSSR count). The normalized spacial score (nSPS) is 24.4. The monoisotopic (exact) mass is 183 g/mol. The van der Waals surface area contributed by atoms with E-state index < -0.39 is 0 Å². The summed E-state index contributed by atoms with van der Waals surface area (Å²) in [5.41, 5.74) is 1.38. The number of ether oxygens (including phenoxy) is 1. The van der Waals surface area contributed by atoms with E-state index in [1.165, 1.54) is 12.0 Å². The van der Waals surface area contributed by atoms with E-state index in [-0.39, 0.29) is 0 Å². The predicted octanol–water partition coefficient (Wildman–Crippen LogP) is 1.97. The highest BCUT2D eigenvalue weighted by molar-refractivity contribution is 4.95. The molecule has 1 saturated heterocycles. The number of hydrogen-bond acceptors (Lipinski definition) is 2.